The van der Waals surface area contributed by atoms with Gasteiger partial charge in [0.1, 0.15) is 0 Å². The molecule has 1 aromatic heterocycles. The van der Waals surface area contributed by atoms with Crippen molar-refractivity contribution in [2.45, 2.75) is 19.9 Å². The highest BCUT2D eigenvalue weighted by Gasteiger charge is 2.18. The van der Waals surface area contributed by atoms with E-state index in [-0.39, 0.29) is 0 Å². The molecule has 0 bridgehead atoms. The SMILES string of the molecule is CN=C(NCCCN1CCN(c2ncccn2)CC1)NCc1cccc(C)c1. The second-order valence-electron chi connectivity index (χ2n) is 7.07. The van der Waals surface area contributed by atoms with E-state index in [0.29, 0.717) is 0 Å². The molecule has 2 aromatic rings. The van der Waals surface area contributed by atoms with E-state index < -0.39 is 0 Å². The Morgan fingerprint density at radius 1 is 1.07 bits per heavy atom. The number of anilines is 1. The summed E-state index contributed by atoms with van der Waals surface area (Å²) in [5.74, 6) is 1.69. The molecule has 0 saturated carbocycles. The molecule has 0 unspecified atom stereocenters. The molecule has 28 heavy (non-hydrogen) atoms. The molecular weight excluding hydrogens is 350 g/mol. The van der Waals surface area contributed by atoms with Gasteiger partial charge in [-0.05, 0) is 31.5 Å². The predicted molar refractivity (Wildman–Crippen MR) is 115 cm³/mol. The summed E-state index contributed by atoms with van der Waals surface area (Å²) >= 11 is 0. The second-order valence-corrected chi connectivity index (χ2v) is 7.07. The third kappa shape index (κ3) is 6.20. The van der Waals surface area contributed by atoms with E-state index in [1.807, 2.05) is 13.1 Å². The lowest BCUT2D eigenvalue weighted by Gasteiger charge is -2.34. The van der Waals surface area contributed by atoms with Crippen LogP contribution in [0.4, 0.5) is 5.95 Å². The van der Waals surface area contributed by atoms with Gasteiger partial charge in [-0.2, -0.15) is 0 Å². The van der Waals surface area contributed by atoms with E-state index in [4.69, 9.17) is 0 Å². The van der Waals surface area contributed by atoms with Crippen LogP contribution in [0.15, 0.2) is 47.7 Å². The Bertz CT molecular complexity index is 739. The van der Waals surface area contributed by atoms with Crippen LogP contribution in [-0.4, -0.2) is 67.1 Å². The minimum Gasteiger partial charge on any atom is -0.356 e. The van der Waals surface area contributed by atoms with E-state index in [1.54, 1.807) is 12.4 Å². The fourth-order valence-corrected chi connectivity index (χ4v) is 3.36. The molecule has 1 saturated heterocycles. The smallest absolute Gasteiger partial charge is 0.225 e. The number of hydrogen-bond acceptors (Lipinski definition) is 5. The van der Waals surface area contributed by atoms with Gasteiger partial charge in [0.15, 0.2) is 5.96 Å². The minimum atomic E-state index is 0.783. The summed E-state index contributed by atoms with van der Waals surface area (Å²) in [5.41, 5.74) is 2.55. The molecule has 7 nitrogen and oxygen atoms in total. The van der Waals surface area contributed by atoms with Crippen LogP contribution in [-0.2, 0) is 6.54 Å². The molecule has 1 aliphatic heterocycles. The maximum atomic E-state index is 4.34. The average Bonchev–Trinajstić information content (AvgIpc) is 2.74. The molecule has 7 heteroatoms. The molecule has 1 aromatic carbocycles. The molecule has 1 aliphatic rings. The van der Waals surface area contributed by atoms with Crippen molar-refractivity contribution in [3.05, 3.63) is 53.9 Å². The largest absolute Gasteiger partial charge is 0.356 e. The van der Waals surface area contributed by atoms with Crippen molar-refractivity contribution < 1.29 is 0 Å². The van der Waals surface area contributed by atoms with Gasteiger partial charge < -0.3 is 15.5 Å². The van der Waals surface area contributed by atoms with Gasteiger partial charge in [-0.3, -0.25) is 9.89 Å². The van der Waals surface area contributed by atoms with Crippen LogP contribution >= 0.6 is 0 Å². The van der Waals surface area contributed by atoms with Crippen molar-refractivity contribution in [1.82, 2.24) is 25.5 Å². The van der Waals surface area contributed by atoms with Crippen molar-refractivity contribution in [1.29, 1.82) is 0 Å². The fourth-order valence-electron chi connectivity index (χ4n) is 3.36. The predicted octanol–water partition coefficient (Wildman–Crippen LogP) is 1.66. The van der Waals surface area contributed by atoms with Crippen LogP contribution in [0.1, 0.15) is 17.5 Å². The molecule has 0 atom stereocenters. The molecule has 3 rings (SSSR count). The summed E-state index contributed by atoms with van der Waals surface area (Å²) < 4.78 is 0. The van der Waals surface area contributed by atoms with Crippen molar-refractivity contribution in [3.63, 3.8) is 0 Å². The van der Waals surface area contributed by atoms with Gasteiger partial charge in [0.2, 0.25) is 5.95 Å². The number of benzene rings is 1. The number of aromatic nitrogens is 2. The Morgan fingerprint density at radius 2 is 1.86 bits per heavy atom. The molecule has 0 aliphatic carbocycles. The molecule has 150 valence electrons. The van der Waals surface area contributed by atoms with E-state index >= 15 is 0 Å². The van der Waals surface area contributed by atoms with Crippen LogP contribution < -0.4 is 15.5 Å². The maximum Gasteiger partial charge on any atom is 0.225 e. The summed E-state index contributed by atoms with van der Waals surface area (Å²) in [5, 5.41) is 6.79. The summed E-state index contributed by atoms with van der Waals surface area (Å²) in [6.07, 6.45) is 4.70. The van der Waals surface area contributed by atoms with Gasteiger partial charge in [-0.1, -0.05) is 29.8 Å². The third-order valence-corrected chi connectivity index (χ3v) is 4.92. The number of piperazine rings is 1. The highest BCUT2D eigenvalue weighted by molar-refractivity contribution is 5.79. The number of nitrogens with zero attached hydrogens (tertiary/aromatic N) is 5. The first kappa shape index (κ1) is 20.1. The Balaban J connectivity index is 1.31. The molecule has 0 radical (unpaired) electrons. The first-order chi connectivity index (χ1) is 13.7. The Morgan fingerprint density at radius 3 is 2.57 bits per heavy atom. The van der Waals surface area contributed by atoms with E-state index in [9.17, 15) is 0 Å². The van der Waals surface area contributed by atoms with Crippen molar-refractivity contribution >= 4 is 11.9 Å². The highest BCUT2D eigenvalue weighted by atomic mass is 15.3. The quantitative estimate of drug-likeness (QED) is 0.432. The monoisotopic (exact) mass is 381 g/mol. The normalized spacial score (nSPS) is 15.5. The molecular formula is C21H31N7. The third-order valence-electron chi connectivity index (χ3n) is 4.92. The fraction of sp³-hybridized carbons (Fsp3) is 0.476. The number of aryl methyl sites for hydroxylation is 1. The number of rotatable bonds is 7. The van der Waals surface area contributed by atoms with Crippen molar-refractivity contribution in [2.24, 2.45) is 4.99 Å². The van der Waals surface area contributed by atoms with Gasteiger partial charge in [0, 0.05) is 58.7 Å². The molecule has 2 N–H and O–H groups in total. The Hall–Kier alpha value is -2.67. The lowest BCUT2D eigenvalue weighted by molar-refractivity contribution is 0.254. The minimum absolute atomic E-state index is 0.783. The second kappa shape index (κ2) is 10.6. The van der Waals surface area contributed by atoms with Crippen molar-refractivity contribution in [2.75, 3.05) is 51.2 Å². The lowest BCUT2D eigenvalue weighted by atomic mass is 10.1. The van der Waals surface area contributed by atoms with Crippen LogP contribution in [0.2, 0.25) is 0 Å². The molecule has 1 fully saturated rings. The maximum absolute atomic E-state index is 4.34. The molecule has 2 heterocycles. The number of aliphatic imine (C=N–C) groups is 1. The number of hydrogen-bond donors (Lipinski definition) is 2. The molecule has 0 spiro atoms. The average molecular weight is 382 g/mol. The van der Waals surface area contributed by atoms with Crippen LogP contribution in [0.5, 0.6) is 0 Å². The van der Waals surface area contributed by atoms with Crippen molar-refractivity contribution in [3.8, 4) is 0 Å². The summed E-state index contributed by atoms with van der Waals surface area (Å²) in [7, 11) is 1.82. The lowest BCUT2D eigenvalue weighted by Crippen LogP contribution is -2.47. The summed E-state index contributed by atoms with van der Waals surface area (Å²) in [6.45, 7) is 8.97. The zero-order valence-electron chi connectivity index (χ0n) is 16.9. The zero-order chi connectivity index (χ0) is 19.6. The van der Waals surface area contributed by atoms with Gasteiger partial charge in [-0.25, -0.2) is 9.97 Å². The molecule has 0 amide bonds. The number of guanidine groups is 1. The highest BCUT2D eigenvalue weighted by Crippen LogP contribution is 2.09. The van der Waals surface area contributed by atoms with Gasteiger partial charge >= 0.3 is 0 Å². The number of nitrogens with one attached hydrogen (secondary N) is 2. The topological polar surface area (TPSA) is 68.7 Å². The van der Waals surface area contributed by atoms with Crippen LogP contribution in [0, 0.1) is 6.92 Å². The first-order valence-electron chi connectivity index (χ1n) is 9.99. The van der Waals surface area contributed by atoms with E-state index in [0.717, 1.165) is 64.1 Å². The first-order valence-corrected chi connectivity index (χ1v) is 9.99. The van der Waals surface area contributed by atoms with Gasteiger partial charge in [0.25, 0.3) is 0 Å². The van der Waals surface area contributed by atoms with E-state index in [1.165, 1.54) is 11.1 Å². The van der Waals surface area contributed by atoms with Gasteiger partial charge in [-0.15, -0.1) is 0 Å². The van der Waals surface area contributed by atoms with Crippen LogP contribution in [0.3, 0.4) is 0 Å². The van der Waals surface area contributed by atoms with Crippen LogP contribution in [0.25, 0.3) is 0 Å². The Kier molecular flexibility index (Phi) is 7.61. The van der Waals surface area contributed by atoms with E-state index in [2.05, 4.69) is 66.6 Å². The Labute approximate surface area is 167 Å². The summed E-state index contributed by atoms with van der Waals surface area (Å²) in [4.78, 5) is 17.8. The van der Waals surface area contributed by atoms with Gasteiger partial charge in [0.05, 0.1) is 0 Å². The summed E-state index contributed by atoms with van der Waals surface area (Å²) in [6, 6.07) is 10.4. The standard InChI is InChI=1S/C21H31N7/c1-18-6-3-7-19(16-18)17-26-20(22-2)23-10-5-11-27-12-14-28(15-13-27)21-24-8-4-9-25-21/h3-4,6-9,16H,5,10-15,17H2,1-2H3,(H2,22,23,26). The zero-order valence-corrected chi connectivity index (χ0v) is 16.9.